The van der Waals surface area contributed by atoms with Crippen molar-refractivity contribution < 1.29 is 46.1 Å². The molecular weight excluding hydrogens is 371 g/mol. The van der Waals surface area contributed by atoms with Crippen LogP contribution in [0.2, 0.25) is 0 Å². The Morgan fingerprint density at radius 3 is 2.36 bits per heavy atom. The van der Waals surface area contributed by atoms with E-state index in [1.54, 1.807) is 0 Å². The van der Waals surface area contributed by atoms with Crippen LogP contribution in [-0.4, -0.2) is 60.8 Å². The van der Waals surface area contributed by atoms with Crippen molar-refractivity contribution in [2.45, 2.75) is 55.4 Å². The van der Waals surface area contributed by atoms with Crippen LogP contribution in [-0.2, 0) is 20.9 Å². The molecule has 0 aliphatic carbocycles. The summed E-state index contributed by atoms with van der Waals surface area (Å²) in [5, 5.41) is 29.0. The minimum atomic E-state index is -5.01. The number of nitrogens with one attached hydrogen (secondary N) is 1. The quantitative estimate of drug-likeness (QED) is 0.559. The van der Waals surface area contributed by atoms with Gasteiger partial charge in [-0.25, -0.2) is 13.1 Å². The number of alkyl halides is 3. The van der Waals surface area contributed by atoms with E-state index in [9.17, 15) is 36.9 Å². The highest BCUT2D eigenvalue weighted by Gasteiger charge is 2.44. The van der Waals surface area contributed by atoms with Gasteiger partial charge in [0.1, 0.15) is 35.1 Å². The Morgan fingerprint density at radius 2 is 1.80 bits per heavy atom. The van der Waals surface area contributed by atoms with E-state index >= 15 is 0 Å². The van der Waals surface area contributed by atoms with Crippen LogP contribution in [0.5, 0.6) is 0 Å². The van der Waals surface area contributed by atoms with Gasteiger partial charge in [-0.15, -0.1) is 0 Å². The van der Waals surface area contributed by atoms with Crippen molar-refractivity contribution >= 4 is 10.0 Å². The van der Waals surface area contributed by atoms with Gasteiger partial charge < -0.3 is 24.5 Å². The molecule has 1 aliphatic rings. The molecule has 1 aromatic rings. The average Bonchev–Trinajstić information content (AvgIpc) is 2.90. The Labute approximate surface area is 141 Å². The van der Waals surface area contributed by atoms with Crippen molar-refractivity contribution in [1.29, 1.82) is 0 Å². The first-order chi connectivity index (χ1) is 11.3. The first-order valence-corrected chi connectivity index (χ1v) is 8.70. The summed E-state index contributed by atoms with van der Waals surface area (Å²) >= 11 is 0. The maximum absolute atomic E-state index is 12.9. The van der Waals surface area contributed by atoms with Gasteiger partial charge >= 0.3 is 6.18 Å². The Kier molecular flexibility index (Phi) is 5.52. The van der Waals surface area contributed by atoms with Gasteiger partial charge in [0.25, 0.3) is 0 Å². The topological polar surface area (TPSA) is 129 Å². The third kappa shape index (κ3) is 4.15. The summed E-state index contributed by atoms with van der Waals surface area (Å²) in [7, 11) is -4.62. The van der Waals surface area contributed by atoms with Crippen LogP contribution in [0.3, 0.4) is 0 Å². The molecule has 0 aromatic carbocycles. The molecule has 5 atom stereocenters. The molecule has 0 bridgehead atoms. The Bertz CT molecular complexity index is 718. The summed E-state index contributed by atoms with van der Waals surface area (Å²) in [4.78, 5) is -1.09. The number of aryl methyl sites for hydroxylation is 1. The van der Waals surface area contributed by atoms with E-state index in [0.29, 0.717) is 0 Å². The van der Waals surface area contributed by atoms with Crippen LogP contribution in [0, 0.1) is 6.92 Å². The molecule has 0 amide bonds. The van der Waals surface area contributed by atoms with Gasteiger partial charge in [0.05, 0.1) is 6.10 Å². The van der Waals surface area contributed by atoms with Crippen LogP contribution >= 0.6 is 0 Å². The third-order valence-electron chi connectivity index (χ3n) is 3.79. The maximum atomic E-state index is 12.9. The van der Waals surface area contributed by atoms with Crippen LogP contribution in [0.4, 0.5) is 13.2 Å². The van der Waals surface area contributed by atoms with E-state index in [0.717, 1.165) is 6.07 Å². The summed E-state index contributed by atoms with van der Waals surface area (Å²) in [6.07, 6.45) is -11.8. The zero-order chi connectivity index (χ0) is 19.2. The molecule has 2 heterocycles. The largest absolute Gasteiger partial charge is 0.455 e. The van der Waals surface area contributed by atoms with Gasteiger partial charge in [-0.05, 0) is 13.8 Å². The number of hydrogen-bond acceptors (Lipinski definition) is 7. The maximum Gasteiger partial charge on any atom is 0.450 e. The Balaban J connectivity index is 2.18. The van der Waals surface area contributed by atoms with Crippen LogP contribution in [0.1, 0.15) is 18.4 Å². The fourth-order valence-corrected chi connectivity index (χ4v) is 3.72. The van der Waals surface area contributed by atoms with Crippen molar-refractivity contribution in [1.82, 2.24) is 4.72 Å². The SMILES string of the molecule is Cc1cc(S(=O)(=O)NC[C@H]2OC(C)[C@@H](O)C(O)C2O)c(C(F)(F)F)o1. The highest BCUT2D eigenvalue weighted by atomic mass is 32.2. The molecule has 12 heteroatoms. The van der Waals surface area contributed by atoms with Crippen LogP contribution < -0.4 is 4.72 Å². The van der Waals surface area contributed by atoms with Crippen molar-refractivity contribution in [3.8, 4) is 0 Å². The lowest BCUT2D eigenvalue weighted by atomic mass is 9.96. The molecule has 144 valence electrons. The van der Waals surface area contributed by atoms with E-state index in [1.165, 1.54) is 13.8 Å². The summed E-state index contributed by atoms with van der Waals surface area (Å²) in [5.41, 5.74) is 0. The number of ether oxygens (including phenoxy) is 1. The number of furan rings is 1. The highest BCUT2D eigenvalue weighted by molar-refractivity contribution is 7.89. The lowest BCUT2D eigenvalue weighted by molar-refractivity contribution is -0.214. The second kappa shape index (κ2) is 6.85. The van der Waals surface area contributed by atoms with E-state index in [2.05, 4.69) is 4.42 Å². The third-order valence-corrected chi connectivity index (χ3v) is 5.22. The zero-order valence-electron chi connectivity index (χ0n) is 13.2. The lowest BCUT2D eigenvalue weighted by Gasteiger charge is -2.39. The molecular formula is C13H18F3NO7S. The van der Waals surface area contributed by atoms with Crippen LogP contribution in [0.15, 0.2) is 15.4 Å². The van der Waals surface area contributed by atoms with E-state index < -0.39 is 63.9 Å². The van der Waals surface area contributed by atoms with Crippen molar-refractivity contribution in [3.05, 3.63) is 17.6 Å². The van der Waals surface area contributed by atoms with Gasteiger partial charge in [-0.3, -0.25) is 0 Å². The van der Waals surface area contributed by atoms with Gasteiger partial charge in [-0.1, -0.05) is 0 Å². The molecule has 0 spiro atoms. The molecule has 0 radical (unpaired) electrons. The first kappa shape index (κ1) is 20.1. The number of aliphatic hydroxyl groups is 3. The molecule has 8 nitrogen and oxygen atoms in total. The number of rotatable bonds is 4. The molecule has 1 aromatic heterocycles. The second-order valence-electron chi connectivity index (χ2n) is 5.75. The summed E-state index contributed by atoms with van der Waals surface area (Å²) in [6, 6.07) is 0.727. The molecule has 3 unspecified atom stereocenters. The van der Waals surface area contributed by atoms with Gasteiger partial charge in [0.2, 0.25) is 15.8 Å². The normalized spacial score (nSPS) is 31.3. The molecule has 1 saturated heterocycles. The molecule has 4 N–H and O–H groups in total. The molecule has 25 heavy (non-hydrogen) atoms. The minimum absolute atomic E-state index is 0.242. The smallest absolute Gasteiger partial charge is 0.450 e. The Hall–Kier alpha value is -1.18. The number of halogens is 3. The standard InChI is InChI=1S/C13H18F3NO7S/c1-5-3-8(12(23-5)13(14,15)16)25(21,22)17-4-7-10(19)11(20)9(18)6(2)24-7/h3,6-7,9-11,17-20H,4H2,1-2H3/t6?,7-,9-,10?,11?/m1/s1. The number of sulfonamides is 1. The predicted octanol–water partition coefficient (Wildman–Crippen LogP) is -0.245. The van der Waals surface area contributed by atoms with Gasteiger partial charge in [-0.2, -0.15) is 13.2 Å². The highest BCUT2D eigenvalue weighted by Crippen LogP contribution is 2.36. The van der Waals surface area contributed by atoms with E-state index in [-0.39, 0.29) is 5.76 Å². The van der Waals surface area contributed by atoms with E-state index in [1.807, 2.05) is 4.72 Å². The molecule has 2 rings (SSSR count). The summed E-state index contributed by atoms with van der Waals surface area (Å²) < 4.78 is 74.5. The van der Waals surface area contributed by atoms with Crippen LogP contribution in [0.25, 0.3) is 0 Å². The average molecular weight is 389 g/mol. The fourth-order valence-electron chi connectivity index (χ4n) is 2.46. The van der Waals surface area contributed by atoms with Crippen molar-refractivity contribution in [2.24, 2.45) is 0 Å². The number of hydrogen-bond donors (Lipinski definition) is 4. The molecule has 1 aliphatic heterocycles. The van der Waals surface area contributed by atoms with Crippen molar-refractivity contribution in [2.75, 3.05) is 6.54 Å². The monoisotopic (exact) mass is 389 g/mol. The van der Waals surface area contributed by atoms with Crippen molar-refractivity contribution in [3.63, 3.8) is 0 Å². The van der Waals surface area contributed by atoms with E-state index in [4.69, 9.17) is 4.74 Å². The molecule has 1 fully saturated rings. The Morgan fingerprint density at radius 1 is 1.20 bits per heavy atom. The first-order valence-electron chi connectivity index (χ1n) is 7.21. The molecule has 0 saturated carbocycles. The van der Waals surface area contributed by atoms with Gasteiger partial charge in [0, 0.05) is 12.6 Å². The lowest BCUT2D eigenvalue weighted by Crippen LogP contribution is -2.59. The fraction of sp³-hybridized carbons (Fsp3) is 0.692. The minimum Gasteiger partial charge on any atom is -0.455 e. The predicted molar refractivity (Wildman–Crippen MR) is 76.0 cm³/mol. The second-order valence-corrected chi connectivity index (χ2v) is 7.49. The summed E-state index contributed by atoms with van der Waals surface area (Å²) in [5.74, 6) is -1.90. The summed E-state index contributed by atoms with van der Waals surface area (Å²) in [6.45, 7) is 1.95. The zero-order valence-corrected chi connectivity index (χ0v) is 14.0. The number of aliphatic hydroxyl groups excluding tert-OH is 3. The van der Waals surface area contributed by atoms with Gasteiger partial charge in [0.15, 0.2) is 0 Å².